The zero-order valence-corrected chi connectivity index (χ0v) is 10.5. The molecule has 0 fully saturated rings. The van der Waals surface area contributed by atoms with Gasteiger partial charge in [-0.3, -0.25) is 0 Å². The third kappa shape index (κ3) is 3.48. The summed E-state index contributed by atoms with van der Waals surface area (Å²) in [6.07, 6.45) is 1.70. The second-order valence-electron chi connectivity index (χ2n) is 3.41. The summed E-state index contributed by atoms with van der Waals surface area (Å²) in [5.41, 5.74) is 1.84. The van der Waals surface area contributed by atoms with Gasteiger partial charge in [-0.1, -0.05) is 23.7 Å². The van der Waals surface area contributed by atoms with Crippen LogP contribution < -0.4 is 0 Å². The van der Waals surface area contributed by atoms with Gasteiger partial charge in [0.25, 0.3) is 0 Å². The molecule has 2 aromatic rings. The minimum Gasteiger partial charge on any atom is -0.250 e. The predicted molar refractivity (Wildman–Crippen MR) is 70.0 cm³/mol. The maximum Gasteiger partial charge on any atom is 0.0991 e. The summed E-state index contributed by atoms with van der Waals surface area (Å²) >= 11 is 7.50. The Labute approximate surface area is 109 Å². The van der Waals surface area contributed by atoms with Crippen molar-refractivity contribution in [1.82, 2.24) is 4.98 Å². The maximum absolute atomic E-state index is 8.69. The topological polar surface area (TPSA) is 36.7 Å². The van der Waals surface area contributed by atoms with Crippen LogP contribution in [-0.2, 0) is 5.75 Å². The minimum absolute atomic E-state index is 0.680. The predicted octanol–water partition coefficient (Wildman–Crippen LogP) is 3.90. The van der Waals surface area contributed by atoms with E-state index >= 15 is 0 Å². The van der Waals surface area contributed by atoms with Crippen molar-refractivity contribution in [3.05, 3.63) is 58.7 Å². The molecule has 0 radical (unpaired) electrons. The number of thioether (sulfide) groups is 1. The molecule has 0 saturated heterocycles. The van der Waals surface area contributed by atoms with Crippen molar-refractivity contribution in [2.45, 2.75) is 10.8 Å². The van der Waals surface area contributed by atoms with Crippen LogP contribution in [0.25, 0.3) is 0 Å². The number of nitrogens with zero attached hydrogens (tertiary/aromatic N) is 2. The van der Waals surface area contributed by atoms with Gasteiger partial charge in [-0.2, -0.15) is 5.26 Å². The second kappa shape index (κ2) is 5.72. The van der Waals surface area contributed by atoms with Crippen LogP contribution in [0.3, 0.4) is 0 Å². The first kappa shape index (κ1) is 12.0. The van der Waals surface area contributed by atoms with Crippen LogP contribution in [0, 0.1) is 11.3 Å². The molecule has 0 unspecified atom stereocenters. The number of aromatic nitrogens is 1. The van der Waals surface area contributed by atoms with Crippen molar-refractivity contribution in [2.24, 2.45) is 0 Å². The minimum atomic E-state index is 0.680. The Morgan fingerprint density at radius 2 is 2.00 bits per heavy atom. The number of hydrogen-bond acceptors (Lipinski definition) is 3. The number of halogens is 1. The average molecular weight is 261 g/mol. The van der Waals surface area contributed by atoms with E-state index in [1.54, 1.807) is 24.0 Å². The van der Waals surface area contributed by atoms with E-state index < -0.39 is 0 Å². The van der Waals surface area contributed by atoms with E-state index in [0.717, 1.165) is 16.3 Å². The van der Waals surface area contributed by atoms with Crippen molar-refractivity contribution >= 4 is 23.4 Å². The third-order valence-electron chi connectivity index (χ3n) is 2.17. The Morgan fingerprint density at radius 3 is 2.65 bits per heavy atom. The third-order valence-corrected chi connectivity index (χ3v) is 3.40. The summed E-state index contributed by atoms with van der Waals surface area (Å²) in [6.45, 7) is 0. The van der Waals surface area contributed by atoms with Crippen molar-refractivity contribution in [1.29, 1.82) is 5.26 Å². The Morgan fingerprint density at radius 1 is 1.24 bits per heavy atom. The fraction of sp³-hybridized carbons (Fsp3) is 0.0769. The molecule has 0 bridgehead atoms. The number of nitriles is 1. The molecule has 0 atom stereocenters. The van der Waals surface area contributed by atoms with Gasteiger partial charge < -0.3 is 0 Å². The summed E-state index contributed by atoms with van der Waals surface area (Å²) in [6, 6.07) is 13.2. The fourth-order valence-electron chi connectivity index (χ4n) is 1.30. The summed E-state index contributed by atoms with van der Waals surface area (Å²) in [5, 5.41) is 10.3. The molecule has 2 rings (SSSR count). The van der Waals surface area contributed by atoms with Gasteiger partial charge in [-0.25, -0.2) is 4.98 Å². The highest BCUT2D eigenvalue weighted by atomic mass is 35.5. The molecule has 84 valence electrons. The highest BCUT2D eigenvalue weighted by Gasteiger charge is 1.99. The first-order valence-corrected chi connectivity index (χ1v) is 6.38. The molecule has 0 saturated carbocycles. The van der Waals surface area contributed by atoms with E-state index in [1.807, 2.05) is 30.3 Å². The average Bonchev–Trinajstić information content (AvgIpc) is 2.37. The molecular formula is C13H9ClN2S. The van der Waals surface area contributed by atoms with Gasteiger partial charge in [0.1, 0.15) is 0 Å². The van der Waals surface area contributed by atoms with E-state index in [9.17, 15) is 0 Å². The van der Waals surface area contributed by atoms with Crippen molar-refractivity contribution in [3.8, 4) is 6.07 Å². The molecule has 2 nitrogen and oxygen atoms in total. The van der Waals surface area contributed by atoms with E-state index in [-0.39, 0.29) is 0 Å². The van der Waals surface area contributed by atoms with Gasteiger partial charge in [0.15, 0.2) is 0 Å². The van der Waals surface area contributed by atoms with Crippen LogP contribution in [0.4, 0.5) is 0 Å². The van der Waals surface area contributed by atoms with Crippen molar-refractivity contribution < 1.29 is 0 Å². The van der Waals surface area contributed by atoms with Gasteiger partial charge >= 0.3 is 0 Å². The van der Waals surface area contributed by atoms with E-state index in [2.05, 4.69) is 11.1 Å². The lowest BCUT2D eigenvalue weighted by Crippen LogP contribution is -1.83. The molecule has 0 aliphatic rings. The highest BCUT2D eigenvalue weighted by molar-refractivity contribution is 7.98. The Bertz CT molecular complexity index is 546. The lowest BCUT2D eigenvalue weighted by atomic mass is 10.2. The van der Waals surface area contributed by atoms with E-state index in [4.69, 9.17) is 16.9 Å². The molecule has 1 heterocycles. The zero-order valence-electron chi connectivity index (χ0n) is 8.93. The van der Waals surface area contributed by atoms with Crippen LogP contribution in [0.15, 0.2) is 47.6 Å². The van der Waals surface area contributed by atoms with Crippen LogP contribution in [0.2, 0.25) is 5.02 Å². The summed E-state index contributed by atoms with van der Waals surface area (Å²) in [4.78, 5) is 4.21. The van der Waals surface area contributed by atoms with Crippen molar-refractivity contribution in [2.75, 3.05) is 0 Å². The highest BCUT2D eigenvalue weighted by Crippen LogP contribution is 2.23. The largest absolute Gasteiger partial charge is 0.250 e. The van der Waals surface area contributed by atoms with Crippen molar-refractivity contribution in [3.63, 3.8) is 0 Å². The maximum atomic E-state index is 8.69. The van der Waals surface area contributed by atoms with Crippen LogP contribution >= 0.6 is 23.4 Å². The van der Waals surface area contributed by atoms with E-state index in [1.165, 1.54) is 0 Å². The molecule has 0 aliphatic carbocycles. The van der Waals surface area contributed by atoms with Gasteiger partial charge in [-0.05, 0) is 29.8 Å². The van der Waals surface area contributed by atoms with Crippen LogP contribution in [-0.4, -0.2) is 4.98 Å². The lowest BCUT2D eigenvalue weighted by molar-refractivity contribution is 1.13. The second-order valence-corrected chi connectivity index (χ2v) is 4.84. The molecule has 1 aromatic heterocycles. The summed E-state index contributed by atoms with van der Waals surface area (Å²) in [5.74, 6) is 0.819. The summed E-state index contributed by atoms with van der Waals surface area (Å²) in [7, 11) is 0. The van der Waals surface area contributed by atoms with Gasteiger partial charge in [0.05, 0.1) is 16.7 Å². The Balaban J connectivity index is 2.00. The van der Waals surface area contributed by atoms with Crippen LogP contribution in [0.5, 0.6) is 0 Å². The molecule has 0 aliphatic heterocycles. The van der Waals surface area contributed by atoms with Gasteiger partial charge in [-0.15, -0.1) is 11.8 Å². The number of hydrogen-bond donors (Lipinski definition) is 0. The number of pyridine rings is 1. The first-order valence-electron chi connectivity index (χ1n) is 5.01. The standard InChI is InChI=1S/C13H9ClN2S/c14-12-5-6-16-13(7-12)17-9-11-3-1-10(8-15)2-4-11/h1-7H,9H2. The zero-order chi connectivity index (χ0) is 12.1. The molecule has 17 heavy (non-hydrogen) atoms. The quantitative estimate of drug-likeness (QED) is 0.786. The van der Waals surface area contributed by atoms with Gasteiger partial charge in [0.2, 0.25) is 0 Å². The smallest absolute Gasteiger partial charge is 0.0991 e. The Hall–Kier alpha value is -1.50. The molecule has 0 amide bonds. The fourth-order valence-corrected chi connectivity index (χ4v) is 2.37. The van der Waals surface area contributed by atoms with E-state index in [0.29, 0.717) is 10.6 Å². The summed E-state index contributed by atoms with van der Waals surface area (Å²) < 4.78 is 0. The number of rotatable bonds is 3. The normalized spacial score (nSPS) is 9.88. The lowest BCUT2D eigenvalue weighted by Gasteiger charge is -2.01. The number of benzene rings is 1. The van der Waals surface area contributed by atoms with Crippen LogP contribution in [0.1, 0.15) is 11.1 Å². The molecule has 1 aromatic carbocycles. The monoisotopic (exact) mass is 260 g/mol. The molecule has 0 N–H and O–H groups in total. The first-order chi connectivity index (χ1) is 8.28. The Kier molecular flexibility index (Phi) is 4.03. The molecular weight excluding hydrogens is 252 g/mol. The SMILES string of the molecule is N#Cc1ccc(CSc2cc(Cl)ccn2)cc1. The van der Waals surface area contributed by atoms with Gasteiger partial charge in [0, 0.05) is 17.0 Å². The molecule has 4 heteroatoms. The molecule has 0 spiro atoms.